The Bertz CT molecular complexity index is 1040. The summed E-state index contributed by atoms with van der Waals surface area (Å²) < 4.78 is 5.87. The van der Waals surface area contributed by atoms with E-state index >= 15 is 0 Å². The van der Waals surface area contributed by atoms with E-state index in [4.69, 9.17) is 4.74 Å². The van der Waals surface area contributed by atoms with E-state index in [1.807, 2.05) is 30.3 Å². The largest absolute Gasteiger partial charge is 0.484 e. The molecule has 0 aliphatic carbocycles. The molecule has 148 valence electrons. The smallest absolute Gasteiger partial charge is 0.281 e. The van der Waals surface area contributed by atoms with Crippen molar-refractivity contribution in [2.45, 2.75) is 25.5 Å². The van der Waals surface area contributed by atoms with Gasteiger partial charge in [0.2, 0.25) is 0 Å². The molecule has 2 aromatic heterocycles. The maximum atomic E-state index is 12.9. The van der Waals surface area contributed by atoms with Gasteiger partial charge in [-0.15, -0.1) is 11.3 Å². The topological polar surface area (TPSA) is 84.4 Å². The fraction of sp³-hybridized carbons (Fsp3) is 0.238. The van der Waals surface area contributed by atoms with Gasteiger partial charge in [0.05, 0.1) is 0 Å². The average molecular weight is 408 g/mol. The second kappa shape index (κ2) is 8.00. The lowest BCUT2D eigenvalue weighted by molar-refractivity contribution is -0.121. The SMILES string of the molecule is C[C@H]1Oc2cccnc2N(C)C(=O)[C@H]1NC(=O)c1ncc(Cc2ccccc2)s1. The predicted molar refractivity (Wildman–Crippen MR) is 110 cm³/mol. The molecule has 8 heteroatoms. The van der Waals surface area contributed by atoms with E-state index in [0.29, 0.717) is 23.0 Å². The summed E-state index contributed by atoms with van der Waals surface area (Å²) in [6.45, 7) is 1.75. The van der Waals surface area contributed by atoms with Crippen molar-refractivity contribution in [3.63, 3.8) is 0 Å². The van der Waals surface area contributed by atoms with Crippen LogP contribution in [-0.4, -0.2) is 41.0 Å². The summed E-state index contributed by atoms with van der Waals surface area (Å²) in [6.07, 6.45) is 3.45. The van der Waals surface area contributed by atoms with Crippen molar-refractivity contribution in [3.8, 4) is 5.75 Å². The minimum absolute atomic E-state index is 0.288. The lowest BCUT2D eigenvalue weighted by Crippen LogP contribution is -2.53. The first-order valence-electron chi connectivity index (χ1n) is 9.21. The zero-order valence-electron chi connectivity index (χ0n) is 16.0. The van der Waals surface area contributed by atoms with E-state index in [1.54, 1.807) is 38.5 Å². The first-order chi connectivity index (χ1) is 14.0. The molecule has 0 spiro atoms. The third kappa shape index (κ3) is 3.97. The van der Waals surface area contributed by atoms with E-state index < -0.39 is 18.1 Å². The number of rotatable bonds is 4. The molecule has 29 heavy (non-hydrogen) atoms. The molecule has 4 rings (SSSR count). The number of carbonyl (C=O) groups is 2. The van der Waals surface area contributed by atoms with Gasteiger partial charge >= 0.3 is 0 Å². The second-order valence-corrected chi connectivity index (χ2v) is 7.91. The molecule has 1 N–H and O–H groups in total. The first kappa shape index (κ1) is 19.1. The van der Waals surface area contributed by atoms with Gasteiger partial charge in [-0.3, -0.25) is 14.5 Å². The first-order valence-corrected chi connectivity index (χ1v) is 10.0. The zero-order chi connectivity index (χ0) is 20.4. The van der Waals surface area contributed by atoms with Crippen LogP contribution >= 0.6 is 11.3 Å². The van der Waals surface area contributed by atoms with Gasteiger partial charge in [0.1, 0.15) is 12.1 Å². The third-order valence-electron chi connectivity index (χ3n) is 4.70. The van der Waals surface area contributed by atoms with Crippen LogP contribution in [0.3, 0.4) is 0 Å². The fourth-order valence-corrected chi connectivity index (χ4v) is 4.03. The second-order valence-electron chi connectivity index (χ2n) is 6.79. The van der Waals surface area contributed by atoms with Crippen LogP contribution in [0.2, 0.25) is 0 Å². The van der Waals surface area contributed by atoms with Crippen LogP contribution in [0.4, 0.5) is 5.82 Å². The Morgan fingerprint density at radius 1 is 1.21 bits per heavy atom. The molecular weight excluding hydrogens is 388 g/mol. The van der Waals surface area contributed by atoms with Gasteiger partial charge in [-0.2, -0.15) is 0 Å². The molecular formula is C21H20N4O3S. The van der Waals surface area contributed by atoms with Crippen LogP contribution in [0.25, 0.3) is 0 Å². The maximum absolute atomic E-state index is 12.9. The molecule has 2 amide bonds. The number of nitrogens with zero attached hydrogens (tertiary/aromatic N) is 3. The molecule has 1 aliphatic heterocycles. The highest BCUT2D eigenvalue weighted by molar-refractivity contribution is 7.13. The molecule has 7 nitrogen and oxygen atoms in total. The Kier molecular flexibility index (Phi) is 5.26. The van der Waals surface area contributed by atoms with Crippen LogP contribution in [0.5, 0.6) is 5.75 Å². The van der Waals surface area contributed by atoms with Crippen molar-refractivity contribution in [2.75, 3.05) is 11.9 Å². The lowest BCUT2D eigenvalue weighted by atomic mass is 10.1. The minimum Gasteiger partial charge on any atom is -0.484 e. The van der Waals surface area contributed by atoms with E-state index in [0.717, 1.165) is 10.4 Å². The number of aromatic nitrogens is 2. The fourth-order valence-electron chi connectivity index (χ4n) is 3.18. The summed E-state index contributed by atoms with van der Waals surface area (Å²) in [7, 11) is 1.62. The van der Waals surface area contributed by atoms with Gasteiger partial charge in [0, 0.05) is 30.7 Å². The number of benzene rings is 1. The Balaban J connectivity index is 1.49. The molecule has 0 radical (unpaired) electrons. The number of nitrogens with one attached hydrogen (secondary N) is 1. The average Bonchev–Trinajstić information content (AvgIpc) is 3.17. The number of amides is 2. The molecule has 1 aromatic carbocycles. The Morgan fingerprint density at radius 2 is 2.00 bits per heavy atom. The van der Waals surface area contributed by atoms with Gasteiger partial charge in [-0.05, 0) is 24.6 Å². The molecule has 1 aliphatic rings. The maximum Gasteiger partial charge on any atom is 0.281 e. The van der Waals surface area contributed by atoms with E-state index in [2.05, 4.69) is 15.3 Å². The van der Waals surface area contributed by atoms with Gasteiger partial charge < -0.3 is 10.1 Å². The molecule has 0 bridgehead atoms. The lowest BCUT2D eigenvalue weighted by Gasteiger charge is -2.23. The molecule has 3 heterocycles. The Morgan fingerprint density at radius 3 is 2.79 bits per heavy atom. The van der Waals surface area contributed by atoms with Crippen molar-refractivity contribution < 1.29 is 14.3 Å². The number of ether oxygens (including phenoxy) is 1. The molecule has 0 saturated carbocycles. The highest BCUT2D eigenvalue weighted by atomic mass is 32.1. The quantitative estimate of drug-likeness (QED) is 0.718. The van der Waals surface area contributed by atoms with Crippen molar-refractivity contribution in [1.29, 1.82) is 0 Å². The Hall–Kier alpha value is -3.26. The standard InChI is InChI=1S/C21H20N4O3S/c1-13-17(21(27)25(2)18-16(28-13)9-6-10-22-18)24-19(26)20-23-12-15(29-20)11-14-7-4-3-5-8-14/h3-10,12-13,17H,11H2,1-2H3,(H,24,26)/t13-,17+/m1/s1. The van der Waals surface area contributed by atoms with Gasteiger partial charge in [-0.25, -0.2) is 9.97 Å². The number of carbonyl (C=O) groups excluding carboxylic acids is 2. The molecule has 0 fully saturated rings. The molecule has 0 unspecified atom stereocenters. The molecule has 2 atom stereocenters. The van der Waals surface area contributed by atoms with Gasteiger partial charge in [0.15, 0.2) is 16.6 Å². The summed E-state index contributed by atoms with van der Waals surface area (Å²) in [5.41, 5.74) is 1.15. The van der Waals surface area contributed by atoms with Crippen LogP contribution in [-0.2, 0) is 11.2 Å². The van der Waals surface area contributed by atoms with Crippen molar-refractivity contribution in [1.82, 2.24) is 15.3 Å². The summed E-state index contributed by atoms with van der Waals surface area (Å²) in [5, 5.41) is 3.10. The van der Waals surface area contributed by atoms with Crippen LogP contribution < -0.4 is 15.0 Å². The number of hydrogen-bond donors (Lipinski definition) is 1. The van der Waals surface area contributed by atoms with E-state index in [-0.39, 0.29) is 5.91 Å². The number of anilines is 1. The summed E-state index contributed by atoms with van der Waals surface area (Å²) in [5.74, 6) is 0.257. The number of likely N-dealkylation sites (N-methyl/N-ethyl adjacent to an activating group) is 1. The van der Waals surface area contributed by atoms with Gasteiger partial charge in [0.25, 0.3) is 11.8 Å². The van der Waals surface area contributed by atoms with Crippen molar-refractivity contribution in [2.24, 2.45) is 0 Å². The molecule has 3 aromatic rings. The third-order valence-corrected chi connectivity index (χ3v) is 5.70. The van der Waals surface area contributed by atoms with Crippen LogP contribution in [0.15, 0.2) is 54.9 Å². The number of hydrogen-bond acceptors (Lipinski definition) is 6. The highest BCUT2D eigenvalue weighted by Gasteiger charge is 2.36. The summed E-state index contributed by atoms with van der Waals surface area (Å²) in [4.78, 5) is 36.5. The molecule has 0 saturated heterocycles. The zero-order valence-corrected chi connectivity index (χ0v) is 16.8. The van der Waals surface area contributed by atoms with Crippen molar-refractivity contribution in [3.05, 3.63) is 70.3 Å². The van der Waals surface area contributed by atoms with Gasteiger partial charge in [-0.1, -0.05) is 30.3 Å². The van der Waals surface area contributed by atoms with Crippen LogP contribution in [0.1, 0.15) is 27.2 Å². The highest BCUT2D eigenvalue weighted by Crippen LogP contribution is 2.29. The number of fused-ring (bicyclic) bond motifs is 1. The number of pyridine rings is 1. The number of thiazole rings is 1. The normalized spacial score (nSPS) is 18.6. The van der Waals surface area contributed by atoms with Crippen LogP contribution in [0, 0.1) is 0 Å². The van der Waals surface area contributed by atoms with E-state index in [1.165, 1.54) is 16.2 Å². The Labute approximate surface area is 172 Å². The van der Waals surface area contributed by atoms with E-state index in [9.17, 15) is 9.59 Å². The monoisotopic (exact) mass is 408 g/mol. The summed E-state index contributed by atoms with van der Waals surface area (Å²) in [6, 6.07) is 12.6. The minimum atomic E-state index is -0.844. The van der Waals surface area contributed by atoms with Crippen molar-refractivity contribution >= 4 is 29.0 Å². The predicted octanol–water partition coefficient (Wildman–Crippen LogP) is 2.67. The summed E-state index contributed by atoms with van der Waals surface area (Å²) >= 11 is 1.32.